The standard InChI is InChI=1S/C87H59N3/c1-7-25-60(26-8-1)66-37-21-41-70(49-66)75-53-76(71-42-22-38-67(50-71)61-27-9-2-10-28-61)56-79(55-75)81-45-19-20-46-82(81)83-48-47-74(87-89-85(64-33-15-5-16-34-64)88-86(90-87)65-35-17-6-18-36-65)59-84(83)80-57-77(72-43-23-39-68(51-72)62-29-11-3-12-30-62)54-78(58-80)73-44-24-40-69(52-73)63-31-13-4-14-32-63/h1-59H. The fourth-order valence-electron chi connectivity index (χ4n) is 12.3. The predicted octanol–water partition coefficient (Wildman–Crippen LogP) is 23.2. The largest absolute Gasteiger partial charge is 0.208 e. The van der Waals surface area contributed by atoms with E-state index in [-0.39, 0.29) is 0 Å². The highest BCUT2D eigenvalue weighted by Crippen LogP contribution is 2.45. The van der Waals surface area contributed by atoms with Crippen LogP contribution in [0.25, 0.3) is 157 Å². The number of nitrogens with zero attached hydrogens (tertiary/aromatic N) is 3. The molecule has 0 atom stereocenters. The summed E-state index contributed by atoms with van der Waals surface area (Å²) in [5.41, 5.74) is 27.4. The molecule has 3 heteroatoms. The number of hydrogen-bond acceptors (Lipinski definition) is 3. The molecule has 3 nitrogen and oxygen atoms in total. The lowest BCUT2D eigenvalue weighted by Gasteiger charge is -2.19. The molecule has 0 aliphatic carbocycles. The van der Waals surface area contributed by atoms with Crippen molar-refractivity contribution in [2.45, 2.75) is 0 Å². The van der Waals surface area contributed by atoms with Gasteiger partial charge >= 0.3 is 0 Å². The van der Waals surface area contributed by atoms with Gasteiger partial charge in [-0.15, -0.1) is 0 Å². The van der Waals surface area contributed by atoms with Crippen LogP contribution in [0.5, 0.6) is 0 Å². The zero-order chi connectivity index (χ0) is 60.0. The van der Waals surface area contributed by atoms with Gasteiger partial charge < -0.3 is 0 Å². The quantitative estimate of drug-likeness (QED) is 0.109. The third-order valence-electron chi connectivity index (χ3n) is 16.9. The summed E-state index contributed by atoms with van der Waals surface area (Å²) >= 11 is 0. The Hall–Kier alpha value is -11.9. The minimum Gasteiger partial charge on any atom is -0.208 e. The number of rotatable bonds is 14. The SMILES string of the molecule is c1ccc(-c2cccc(-c3cc(-c4cccc(-c5ccccc5)c4)cc(-c4ccccc4-c4ccc(-c5nc(-c6ccccc6)nc(-c6ccccc6)n5)cc4-c4cc(-c5cccc(-c6ccccc6)c5)cc(-c5cccc(-c6ccccc6)c5)c4)c3)c2)cc1. The molecule has 14 aromatic carbocycles. The molecule has 422 valence electrons. The number of hydrogen-bond donors (Lipinski definition) is 0. The summed E-state index contributed by atoms with van der Waals surface area (Å²) in [6, 6.07) is 129. The first-order valence-electron chi connectivity index (χ1n) is 30.6. The van der Waals surface area contributed by atoms with Gasteiger partial charge in [0.2, 0.25) is 0 Å². The van der Waals surface area contributed by atoms with Crippen molar-refractivity contribution in [3.63, 3.8) is 0 Å². The normalized spacial score (nSPS) is 11.1. The van der Waals surface area contributed by atoms with Gasteiger partial charge in [-0.3, -0.25) is 0 Å². The number of aromatic nitrogens is 3. The maximum Gasteiger partial charge on any atom is 0.164 e. The maximum atomic E-state index is 5.31. The summed E-state index contributed by atoms with van der Waals surface area (Å²) in [7, 11) is 0. The molecule has 0 bridgehead atoms. The van der Waals surface area contributed by atoms with Crippen LogP contribution in [0, 0.1) is 0 Å². The lowest BCUT2D eigenvalue weighted by atomic mass is 9.85. The minimum absolute atomic E-state index is 0.583. The zero-order valence-corrected chi connectivity index (χ0v) is 49.4. The molecular weight excluding hydrogens is 1090 g/mol. The molecule has 0 unspecified atom stereocenters. The van der Waals surface area contributed by atoms with Crippen molar-refractivity contribution in [3.05, 3.63) is 358 Å². The minimum atomic E-state index is 0.583. The Balaban J connectivity index is 0.972. The van der Waals surface area contributed by atoms with Crippen molar-refractivity contribution in [1.29, 1.82) is 0 Å². The molecule has 0 saturated heterocycles. The molecule has 0 aliphatic rings. The highest BCUT2D eigenvalue weighted by Gasteiger charge is 2.21. The van der Waals surface area contributed by atoms with E-state index in [0.29, 0.717) is 17.5 Å². The van der Waals surface area contributed by atoms with Crippen molar-refractivity contribution in [2.75, 3.05) is 0 Å². The van der Waals surface area contributed by atoms with Gasteiger partial charge in [-0.25, -0.2) is 15.0 Å². The lowest BCUT2D eigenvalue weighted by Crippen LogP contribution is -2.00. The Morgan fingerprint density at radius 1 is 0.111 bits per heavy atom. The van der Waals surface area contributed by atoms with E-state index in [1.54, 1.807) is 0 Å². The van der Waals surface area contributed by atoms with Gasteiger partial charge in [-0.2, -0.15) is 0 Å². The van der Waals surface area contributed by atoms with E-state index in [1.807, 2.05) is 36.4 Å². The molecule has 0 aliphatic heterocycles. The summed E-state index contributed by atoms with van der Waals surface area (Å²) in [5.74, 6) is 1.80. The molecular formula is C87H59N3. The zero-order valence-electron chi connectivity index (χ0n) is 49.4. The van der Waals surface area contributed by atoms with Gasteiger partial charge in [0.25, 0.3) is 0 Å². The van der Waals surface area contributed by atoms with Crippen LogP contribution in [0.2, 0.25) is 0 Å². The summed E-state index contributed by atoms with van der Waals surface area (Å²) in [5, 5.41) is 0. The van der Waals surface area contributed by atoms with E-state index < -0.39 is 0 Å². The van der Waals surface area contributed by atoms with Gasteiger partial charge in [0, 0.05) is 16.7 Å². The van der Waals surface area contributed by atoms with Crippen LogP contribution in [0.3, 0.4) is 0 Å². The molecule has 15 rings (SSSR count). The Morgan fingerprint density at radius 2 is 0.333 bits per heavy atom. The molecule has 0 fully saturated rings. The van der Waals surface area contributed by atoms with E-state index in [9.17, 15) is 0 Å². The maximum absolute atomic E-state index is 5.31. The van der Waals surface area contributed by atoms with Crippen LogP contribution in [-0.2, 0) is 0 Å². The van der Waals surface area contributed by atoms with Crippen LogP contribution in [-0.4, -0.2) is 15.0 Å². The van der Waals surface area contributed by atoms with Gasteiger partial charge in [0.05, 0.1) is 0 Å². The average Bonchev–Trinajstić information content (AvgIpc) is 1.44. The van der Waals surface area contributed by atoms with Crippen molar-refractivity contribution in [2.24, 2.45) is 0 Å². The monoisotopic (exact) mass is 1150 g/mol. The van der Waals surface area contributed by atoms with E-state index in [0.717, 1.165) is 106 Å². The third-order valence-corrected chi connectivity index (χ3v) is 16.9. The Kier molecular flexibility index (Phi) is 15.1. The Bertz CT molecular complexity index is 4770. The highest BCUT2D eigenvalue weighted by molar-refractivity contribution is 5.97. The molecule has 0 radical (unpaired) electrons. The van der Waals surface area contributed by atoms with Gasteiger partial charge in [0.15, 0.2) is 17.5 Å². The summed E-state index contributed by atoms with van der Waals surface area (Å²) in [6.07, 6.45) is 0. The summed E-state index contributed by atoms with van der Waals surface area (Å²) in [4.78, 5) is 15.7. The fraction of sp³-hybridized carbons (Fsp3) is 0. The van der Waals surface area contributed by atoms with E-state index in [1.165, 1.54) is 33.4 Å². The Morgan fingerprint density at radius 3 is 0.667 bits per heavy atom. The van der Waals surface area contributed by atoms with Crippen molar-refractivity contribution in [3.8, 4) is 157 Å². The Labute approximate surface area is 526 Å². The second kappa shape index (κ2) is 24.8. The van der Waals surface area contributed by atoms with Crippen LogP contribution < -0.4 is 0 Å². The molecule has 1 heterocycles. The molecule has 1 aromatic heterocycles. The van der Waals surface area contributed by atoms with Gasteiger partial charge in [-0.05, 0) is 189 Å². The second-order valence-corrected chi connectivity index (χ2v) is 22.7. The van der Waals surface area contributed by atoms with Crippen LogP contribution in [0.15, 0.2) is 358 Å². The van der Waals surface area contributed by atoms with Gasteiger partial charge in [-0.1, -0.05) is 291 Å². The lowest BCUT2D eigenvalue weighted by molar-refractivity contribution is 1.07. The smallest absolute Gasteiger partial charge is 0.164 e. The van der Waals surface area contributed by atoms with Crippen LogP contribution >= 0.6 is 0 Å². The predicted molar refractivity (Wildman–Crippen MR) is 376 cm³/mol. The molecule has 0 amide bonds. The topological polar surface area (TPSA) is 38.7 Å². The summed E-state index contributed by atoms with van der Waals surface area (Å²) in [6.45, 7) is 0. The highest BCUT2D eigenvalue weighted by atomic mass is 15.0. The van der Waals surface area contributed by atoms with Crippen molar-refractivity contribution >= 4 is 0 Å². The molecule has 90 heavy (non-hydrogen) atoms. The first-order valence-corrected chi connectivity index (χ1v) is 30.6. The first kappa shape index (κ1) is 54.7. The summed E-state index contributed by atoms with van der Waals surface area (Å²) < 4.78 is 0. The van der Waals surface area contributed by atoms with Crippen LogP contribution in [0.4, 0.5) is 0 Å². The van der Waals surface area contributed by atoms with Crippen molar-refractivity contribution in [1.82, 2.24) is 15.0 Å². The fourth-order valence-corrected chi connectivity index (χ4v) is 12.3. The molecule has 0 N–H and O–H groups in total. The third kappa shape index (κ3) is 11.6. The number of benzene rings is 14. The van der Waals surface area contributed by atoms with E-state index in [4.69, 9.17) is 15.0 Å². The first-order chi connectivity index (χ1) is 44.6. The molecule has 0 spiro atoms. The second-order valence-electron chi connectivity index (χ2n) is 22.7. The molecule has 0 saturated carbocycles. The van der Waals surface area contributed by atoms with Crippen molar-refractivity contribution < 1.29 is 0 Å². The van der Waals surface area contributed by atoms with E-state index in [2.05, 4.69) is 322 Å². The van der Waals surface area contributed by atoms with Gasteiger partial charge in [0.1, 0.15) is 0 Å². The molecule has 15 aromatic rings. The van der Waals surface area contributed by atoms with Crippen LogP contribution in [0.1, 0.15) is 0 Å². The average molecular weight is 1150 g/mol. The van der Waals surface area contributed by atoms with E-state index >= 15 is 0 Å².